The second-order valence-electron chi connectivity index (χ2n) is 2.89. The van der Waals surface area contributed by atoms with Crippen LogP contribution in [0.4, 0.5) is 0 Å². The summed E-state index contributed by atoms with van der Waals surface area (Å²) in [5.41, 5.74) is 2.38. The Labute approximate surface area is 84.9 Å². The lowest BCUT2D eigenvalue weighted by Gasteiger charge is -2.00. The number of fused-ring (bicyclic) bond motifs is 1. The Morgan fingerprint density at radius 3 is 3.23 bits per heavy atom. The quantitative estimate of drug-likeness (QED) is 0.867. The van der Waals surface area contributed by atoms with Crippen molar-refractivity contribution in [2.75, 3.05) is 7.05 Å². The Kier molecular flexibility index (Phi) is 2.33. The van der Waals surface area contributed by atoms with E-state index in [9.17, 15) is 0 Å². The molecule has 68 valence electrons. The number of nitrogens with one attached hydrogen (secondary N) is 1. The Morgan fingerprint density at radius 1 is 1.62 bits per heavy atom. The van der Waals surface area contributed by atoms with Gasteiger partial charge in [0.05, 0.1) is 11.7 Å². The molecule has 0 atom stereocenters. The van der Waals surface area contributed by atoms with Gasteiger partial charge in [0.25, 0.3) is 0 Å². The zero-order valence-corrected chi connectivity index (χ0v) is 8.87. The van der Waals surface area contributed by atoms with E-state index in [0.717, 1.165) is 16.8 Å². The number of pyridine rings is 1. The number of hydrogen-bond acceptors (Lipinski definition) is 2. The average molecular weight is 240 g/mol. The van der Waals surface area contributed by atoms with E-state index in [-0.39, 0.29) is 0 Å². The highest BCUT2D eigenvalue weighted by Gasteiger charge is 1.99. The molecule has 0 aliphatic rings. The van der Waals surface area contributed by atoms with Crippen molar-refractivity contribution in [2.45, 2.75) is 6.54 Å². The van der Waals surface area contributed by atoms with Crippen LogP contribution in [0.5, 0.6) is 0 Å². The monoisotopic (exact) mass is 239 g/mol. The zero-order chi connectivity index (χ0) is 9.26. The molecule has 0 fully saturated rings. The third-order valence-electron chi connectivity index (χ3n) is 1.93. The van der Waals surface area contributed by atoms with Gasteiger partial charge in [-0.05, 0) is 40.7 Å². The van der Waals surface area contributed by atoms with Crippen LogP contribution in [0.15, 0.2) is 29.3 Å². The SMILES string of the molecule is CNCc1ccn2c(Br)ncc2c1. The number of nitrogens with zero attached hydrogens (tertiary/aromatic N) is 2. The summed E-state index contributed by atoms with van der Waals surface area (Å²) in [4.78, 5) is 4.16. The van der Waals surface area contributed by atoms with Crippen molar-refractivity contribution in [3.05, 3.63) is 34.8 Å². The molecule has 1 N–H and O–H groups in total. The molecule has 2 rings (SSSR count). The fourth-order valence-electron chi connectivity index (χ4n) is 1.33. The highest BCUT2D eigenvalue weighted by atomic mass is 79.9. The van der Waals surface area contributed by atoms with E-state index in [1.807, 2.05) is 23.8 Å². The van der Waals surface area contributed by atoms with E-state index in [0.29, 0.717) is 0 Å². The predicted molar refractivity (Wildman–Crippen MR) is 55.7 cm³/mol. The Morgan fingerprint density at radius 2 is 2.46 bits per heavy atom. The van der Waals surface area contributed by atoms with Crippen LogP contribution in [-0.2, 0) is 6.54 Å². The predicted octanol–water partition coefficient (Wildman–Crippen LogP) is 1.82. The minimum atomic E-state index is 0.846. The summed E-state index contributed by atoms with van der Waals surface area (Å²) in [6.07, 6.45) is 3.86. The second kappa shape index (κ2) is 3.47. The van der Waals surface area contributed by atoms with E-state index in [1.165, 1.54) is 5.56 Å². The van der Waals surface area contributed by atoms with Crippen LogP contribution in [0.25, 0.3) is 5.52 Å². The Bertz CT molecular complexity index is 422. The van der Waals surface area contributed by atoms with Gasteiger partial charge in [0, 0.05) is 12.7 Å². The van der Waals surface area contributed by atoms with Gasteiger partial charge in [0.2, 0.25) is 0 Å². The van der Waals surface area contributed by atoms with Gasteiger partial charge in [-0.2, -0.15) is 0 Å². The van der Waals surface area contributed by atoms with Crippen molar-refractivity contribution in [3.8, 4) is 0 Å². The zero-order valence-electron chi connectivity index (χ0n) is 7.29. The van der Waals surface area contributed by atoms with Crippen LogP contribution in [-0.4, -0.2) is 16.4 Å². The van der Waals surface area contributed by atoms with E-state index in [4.69, 9.17) is 0 Å². The first kappa shape index (κ1) is 8.72. The topological polar surface area (TPSA) is 29.3 Å². The van der Waals surface area contributed by atoms with Crippen LogP contribution in [0, 0.1) is 0 Å². The van der Waals surface area contributed by atoms with Crippen LogP contribution in [0.2, 0.25) is 0 Å². The first-order valence-electron chi connectivity index (χ1n) is 4.07. The lowest BCUT2D eigenvalue weighted by molar-refractivity contribution is 0.816. The lowest BCUT2D eigenvalue weighted by atomic mass is 10.2. The smallest absolute Gasteiger partial charge is 0.181 e. The lowest BCUT2D eigenvalue weighted by Crippen LogP contribution is -2.05. The van der Waals surface area contributed by atoms with Gasteiger partial charge in [-0.3, -0.25) is 4.40 Å². The van der Waals surface area contributed by atoms with E-state index >= 15 is 0 Å². The molecule has 0 aromatic carbocycles. The Hall–Kier alpha value is -0.870. The maximum atomic E-state index is 4.16. The highest BCUT2D eigenvalue weighted by molar-refractivity contribution is 9.10. The minimum Gasteiger partial charge on any atom is -0.316 e. The molecule has 0 spiro atoms. The molecule has 0 amide bonds. The first-order chi connectivity index (χ1) is 6.31. The summed E-state index contributed by atoms with van der Waals surface area (Å²) in [6, 6.07) is 4.20. The summed E-state index contributed by atoms with van der Waals surface area (Å²) >= 11 is 3.37. The van der Waals surface area contributed by atoms with E-state index in [2.05, 4.69) is 38.4 Å². The molecule has 0 saturated heterocycles. The Balaban J connectivity index is 2.50. The second-order valence-corrected chi connectivity index (χ2v) is 3.60. The summed E-state index contributed by atoms with van der Waals surface area (Å²) < 4.78 is 2.85. The molecule has 0 unspecified atom stereocenters. The molecule has 0 saturated carbocycles. The van der Waals surface area contributed by atoms with Gasteiger partial charge in [-0.15, -0.1) is 0 Å². The summed E-state index contributed by atoms with van der Waals surface area (Å²) in [5.74, 6) is 0. The number of halogens is 1. The van der Waals surface area contributed by atoms with Gasteiger partial charge < -0.3 is 5.32 Å². The number of aromatic nitrogens is 2. The van der Waals surface area contributed by atoms with E-state index < -0.39 is 0 Å². The summed E-state index contributed by atoms with van der Waals surface area (Å²) in [6.45, 7) is 0.888. The summed E-state index contributed by atoms with van der Waals surface area (Å²) in [7, 11) is 1.94. The van der Waals surface area contributed by atoms with Gasteiger partial charge in [0.15, 0.2) is 4.73 Å². The van der Waals surface area contributed by atoms with Gasteiger partial charge in [-0.1, -0.05) is 0 Å². The van der Waals surface area contributed by atoms with Crippen LogP contribution >= 0.6 is 15.9 Å². The average Bonchev–Trinajstić information content (AvgIpc) is 2.48. The molecule has 4 heteroatoms. The number of imidazole rings is 1. The number of hydrogen-bond donors (Lipinski definition) is 1. The molecule has 3 nitrogen and oxygen atoms in total. The van der Waals surface area contributed by atoms with Crippen molar-refractivity contribution in [1.29, 1.82) is 0 Å². The van der Waals surface area contributed by atoms with Crippen molar-refractivity contribution >= 4 is 21.4 Å². The molecular formula is C9H10BrN3. The molecular weight excluding hydrogens is 230 g/mol. The minimum absolute atomic E-state index is 0.846. The molecule has 0 aliphatic heterocycles. The normalized spacial score (nSPS) is 10.9. The van der Waals surface area contributed by atoms with Gasteiger partial charge in [0.1, 0.15) is 0 Å². The van der Waals surface area contributed by atoms with Crippen LogP contribution in [0.1, 0.15) is 5.56 Å². The van der Waals surface area contributed by atoms with Gasteiger partial charge >= 0.3 is 0 Å². The molecule has 0 bridgehead atoms. The van der Waals surface area contributed by atoms with Crippen molar-refractivity contribution < 1.29 is 0 Å². The number of rotatable bonds is 2. The largest absolute Gasteiger partial charge is 0.316 e. The fourth-order valence-corrected chi connectivity index (χ4v) is 1.75. The van der Waals surface area contributed by atoms with Crippen molar-refractivity contribution in [3.63, 3.8) is 0 Å². The highest BCUT2D eigenvalue weighted by Crippen LogP contribution is 2.13. The summed E-state index contributed by atoms with van der Waals surface area (Å²) in [5, 5.41) is 3.11. The van der Waals surface area contributed by atoms with Gasteiger partial charge in [-0.25, -0.2) is 4.98 Å². The third kappa shape index (κ3) is 1.59. The fraction of sp³-hybridized carbons (Fsp3) is 0.222. The molecule has 0 radical (unpaired) electrons. The van der Waals surface area contributed by atoms with Crippen molar-refractivity contribution in [1.82, 2.24) is 14.7 Å². The first-order valence-corrected chi connectivity index (χ1v) is 4.86. The molecule has 2 aromatic rings. The van der Waals surface area contributed by atoms with Crippen molar-refractivity contribution in [2.24, 2.45) is 0 Å². The molecule has 2 heterocycles. The maximum absolute atomic E-state index is 4.16. The maximum Gasteiger partial charge on any atom is 0.181 e. The molecule has 0 aliphatic carbocycles. The standard InChI is InChI=1S/C9H10BrN3/c1-11-5-7-2-3-13-8(4-7)6-12-9(13)10/h2-4,6,11H,5H2,1H3. The van der Waals surface area contributed by atoms with E-state index in [1.54, 1.807) is 0 Å². The molecule has 13 heavy (non-hydrogen) atoms. The molecule has 2 aromatic heterocycles. The third-order valence-corrected chi connectivity index (χ3v) is 2.52. The van der Waals surface area contributed by atoms with Crippen LogP contribution < -0.4 is 5.32 Å². The van der Waals surface area contributed by atoms with Crippen LogP contribution in [0.3, 0.4) is 0 Å².